The van der Waals surface area contributed by atoms with Crippen molar-refractivity contribution in [2.75, 3.05) is 6.61 Å². The molecule has 2 saturated carbocycles. The summed E-state index contributed by atoms with van der Waals surface area (Å²) in [5, 5.41) is 0. The van der Waals surface area contributed by atoms with E-state index in [4.69, 9.17) is 4.74 Å². The minimum Gasteiger partial charge on any atom is -0.377 e. The monoisotopic (exact) mass is 232 g/mol. The van der Waals surface area contributed by atoms with Gasteiger partial charge in [-0.25, -0.2) is 0 Å². The van der Waals surface area contributed by atoms with E-state index < -0.39 is 0 Å². The molecule has 2 unspecified atom stereocenters. The van der Waals surface area contributed by atoms with Gasteiger partial charge in [-0.15, -0.1) is 0 Å². The lowest BCUT2D eigenvalue weighted by Crippen LogP contribution is -2.28. The first-order chi connectivity index (χ1) is 5.86. The van der Waals surface area contributed by atoms with Crippen LogP contribution in [0, 0.1) is 5.92 Å². The fourth-order valence-electron chi connectivity index (χ4n) is 1.78. The molecule has 70 valence electrons. The number of halogens is 1. The molecule has 0 aromatic heterocycles. The summed E-state index contributed by atoms with van der Waals surface area (Å²) in [4.78, 5) is 0.630. The third-order valence-electron chi connectivity index (χ3n) is 2.86. The van der Waals surface area contributed by atoms with E-state index in [1.807, 2.05) is 0 Å². The third kappa shape index (κ3) is 2.46. The Morgan fingerprint density at radius 2 is 1.83 bits per heavy atom. The molecule has 0 radical (unpaired) electrons. The highest BCUT2D eigenvalue weighted by Gasteiger charge is 2.27. The Balaban J connectivity index is 1.68. The van der Waals surface area contributed by atoms with E-state index >= 15 is 0 Å². The van der Waals surface area contributed by atoms with Crippen LogP contribution in [0.5, 0.6) is 0 Å². The van der Waals surface area contributed by atoms with Gasteiger partial charge in [0.25, 0.3) is 0 Å². The first kappa shape index (κ1) is 9.01. The fraction of sp³-hybridized carbons (Fsp3) is 1.00. The second kappa shape index (κ2) is 4.10. The molecule has 0 amide bonds. The molecular weight excluding hydrogens is 216 g/mol. The predicted octanol–water partition coefficient (Wildman–Crippen LogP) is 3.12. The highest BCUT2D eigenvalue weighted by Crippen LogP contribution is 2.32. The lowest BCUT2D eigenvalue weighted by molar-refractivity contribution is 0.0280. The van der Waals surface area contributed by atoms with Crippen LogP contribution in [-0.2, 0) is 4.74 Å². The van der Waals surface area contributed by atoms with E-state index in [0.29, 0.717) is 10.9 Å². The standard InChI is InChI=1S/C10H17BrO/c11-9-3-1-2-4-10(9)12-7-8-5-6-8/h8-10H,1-7H2. The number of rotatable bonds is 3. The van der Waals surface area contributed by atoms with Gasteiger partial charge in [0.05, 0.1) is 6.10 Å². The fourth-order valence-corrected chi connectivity index (χ4v) is 2.52. The first-order valence-electron chi connectivity index (χ1n) is 5.12. The zero-order valence-corrected chi connectivity index (χ0v) is 9.05. The van der Waals surface area contributed by atoms with Gasteiger partial charge in [0, 0.05) is 11.4 Å². The van der Waals surface area contributed by atoms with Crippen molar-refractivity contribution in [2.24, 2.45) is 5.92 Å². The van der Waals surface area contributed by atoms with Crippen LogP contribution in [0.4, 0.5) is 0 Å². The molecule has 0 aliphatic heterocycles. The predicted molar refractivity (Wildman–Crippen MR) is 53.6 cm³/mol. The van der Waals surface area contributed by atoms with Gasteiger partial charge in [-0.3, -0.25) is 0 Å². The lowest BCUT2D eigenvalue weighted by Gasteiger charge is -2.27. The average molecular weight is 233 g/mol. The van der Waals surface area contributed by atoms with Crippen molar-refractivity contribution in [2.45, 2.75) is 49.5 Å². The molecule has 0 aromatic carbocycles. The Bertz CT molecular complexity index is 145. The molecule has 2 atom stereocenters. The summed E-state index contributed by atoms with van der Waals surface area (Å²) in [6.45, 7) is 1.02. The van der Waals surface area contributed by atoms with Gasteiger partial charge >= 0.3 is 0 Å². The second-order valence-corrected chi connectivity index (χ2v) is 5.29. The van der Waals surface area contributed by atoms with Crippen molar-refractivity contribution in [3.8, 4) is 0 Å². The summed E-state index contributed by atoms with van der Waals surface area (Å²) >= 11 is 3.70. The van der Waals surface area contributed by atoms with Crippen molar-refractivity contribution in [1.29, 1.82) is 0 Å². The minimum absolute atomic E-state index is 0.513. The van der Waals surface area contributed by atoms with Crippen LogP contribution in [0.15, 0.2) is 0 Å². The second-order valence-electron chi connectivity index (χ2n) is 4.12. The zero-order chi connectivity index (χ0) is 8.39. The maximum absolute atomic E-state index is 5.87. The van der Waals surface area contributed by atoms with Crippen molar-refractivity contribution in [1.82, 2.24) is 0 Å². The maximum Gasteiger partial charge on any atom is 0.0700 e. The lowest BCUT2D eigenvalue weighted by atomic mass is 9.97. The third-order valence-corrected chi connectivity index (χ3v) is 3.91. The molecule has 2 fully saturated rings. The molecule has 0 bridgehead atoms. The summed E-state index contributed by atoms with van der Waals surface area (Å²) in [5.41, 5.74) is 0. The van der Waals surface area contributed by atoms with Crippen LogP contribution in [0.3, 0.4) is 0 Å². The molecule has 0 N–H and O–H groups in total. The average Bonchev–Trinajstić information content (AvgIpc) is 2.86. The first-order valence-corrected chi connectivity index (χ1v) is 6.03. The van der Waals surface area contributed by atoms with Gasteiger partial charge in [0.1, 0.15) is 0 Å². The van der Waals surface area contributed by atoms with E-state index in [0.717, 1.165) is 12.5 Å². The Morgan fingerprint density at radius 3 is 2.50 bits per heavy atom. The van der Waals surface area contributed by atoms with Gasteiger partial charge in [-0.05, 0) is 31.6 Å². The summed E-state index contributed by atoms with van der Waals surface area (Å²) in [6.07, 6.45) is 8.62. The van der Waals surface area contributed by atoms with E-state index in [-0.39, 0.29) is 0 Å². The Labute approximate surface area is 83.0 Å². The van der Waals surface area contributed by atoms with Gasteiger partial charge in [-0.1, -0.05) is 28.8 Å². The summed E-state index contributed by atoms with van der Waals surface area (Å²) in [7, 11) is 0. The zero-order valence-electron chi connectivity index (χ0n) is 7.47. The quantitative estimate of drug-likeness (QED) is 0.680. The van der Waals surface area contributed by atoms with Gasteiger partial charge in [0.15, 0.2) is 0 Å². The molecule has 0 spiro atoms. The summed E-state index contributed by atoms with van der Waals surface area (Å²) < 4.78 is 5.87. The van der Waals surface area contributed by atoms with Crippen molar-refractivity contribution < 1.29 is 4.74 Å². The molecule has 2 rings (SSSR count). The Kier molecular flexibility index (Phi) is 3.08. The molecule has 2 aliphatic rings. The number of hydrogen-bond acceptors (Lipinski definition) is 1. The van der Waals surface area contributed by atoms with Gasteiger partial charge in [0.2, 0.25) is 0 Å². The van der Waals surface area contributed by atoms with E-state index in [9.17, 15) is 0 Å². The van der Waals surface area contributed by atoms with E-state index in [1.54, 1.807) is 0 Å². The minimum atomic E-state index is 0.513. The molecule has 0 aromatic rings. The molecule has 2 aliphatic carbocycles. The highest BCUT2D eigenvalue weighted by atomic mass is 79.9. The van der Waals surface area contributed by atoms with E-state index in [1.165, 1.54) is 38.5 Å². The van der Waals surface area contributed by atoms with Crippen molar-refractivity contribution in [3.05, 3.63) is 0 Å². The van der Waals surface area contributed by atoms with Crippen LogP contribution >= 0.6 is 15.9 Å². The van der Waals surface area contributed by atoms with E-state index in [2.05, 4.69) is 15.9 Å². The number of ether oxygens (including phenoxy) is 1. The van der Waals surface area contributed by atoms with Crippen LogP contribution in [-0.4, -0.2) is 17.5 Å². The normalized spacial score (nSPS) is 36.8. The summed E-state index contributed by atoms with van der Waals surface area (Å²) in [6, 6.07) is 0. The largest absolute Gasteiger partial charge is 0.377 e. The van der Waals surface area contributed by atoms with Crippen molar-refractivity contribution in [3.63, 3.8) is 0 Å². The molecule has 1 nitrogen and oxygen atoms in total. The van der Waals surface area contributed by atoms with Crippen LogP contribution < -0.4 is 0 Å². The molecular formula is C10H17BrO. The Morgan fingerprint density at radius 1 is 1.08 bits per heavy atom. The van der Waals surface area contributed by atoms with Gasteiger partial charge in [-0.2, -0.15) is 0 Å². The molecule has 0 saturated heterocycles. The van der Waals surface area contributed by atoms with Crippen LogP contribution in [0.2, 0.25) is 0 Å². The Hall–Kier alpha value is 0.440. The number of hydrogen-bond donors (Lipinski definition) is 0. The van der Waals surface area contributed by atoms with Crippen molar-refractivity contribution >= 4 is 15.9 Å². The maximum atomic E-state index is 5.87. The number of alkyl halides is 1. The SMILES string of the molecule is BrC1CCCCC1OCC1CC1. The van der Waals surface area contributed by atoms with Crippen LogP contribution in [0.1, 0.15) is 38.5 Å². The topological polar surface area (TPSA) is 9.23 Å². The van der Waals surface area contributed by atoms with Gasteiger partial charge < -0.3 is 4.74 Å². The molecule has 2 heteroatoms. The summed E-state index contributed by atoms with van der Waals surface area (Å²) in [5.74, 6) is 0.909. The molecule has 0 heterocycles. The molecule has 12 heavy (non-hydrogen) atoms. The highest BCUT2D eigenvalue weighted by molar-refractivity contribution is 9.09. The van der Waals surface area contributed by atoms with Crippen LogP contribution in [0.25, 0.3) is 0 Å². The smallest absolute Gasteiger partial charge is 0.0700 e.